The number of hydrogen-bond acceptors (Lipinski definition) is 5. The van der Waals surface area contributed by atoms with Crippen LogP contribution in [-0.2, 0) is 9.84 Å². The lowest BCUT2D eigenvalue weighted by Crippen LogP contribution is -2.43. The van der Waals surface area contributed by atoms with Crippen molar-refractivity contribution in [3.05, 3.63) is 29.6 Å². The molecule has 1 fully saturated rings. The highest BCUT2D eigenvalue weighted by Crippen LogP contribution is 2.12. The van der Waals surface area contributed by atoms with Gasteiger partial charge in [0, 0.05) is 12.2 Å². The van der Waals surface area contributed by atoms with E-state index in [4.69, 9.17) is 5.26 Å². The van der Waals surface area contributed by atoms with Crippen molar-refractivity contribution in [1.82, 2.24) is 10.3 Å². The molecule has 1 unspecified atom stereocenters. The highest BCUT2D eigenvalue weighted by Gasteiger charge is 2.26. The number of nitrogens with zero attached hydrogens (tertiary/aromatic N) is 2. The number of carbonyl (C=O) groups is 1. The van der Waals surface area contributed by atoms with Crippen LogP contribution in [0.1, 0.15) is 28.9 Å². The maximum Gasteiger partial charge on any atom is 0.270 e. The number of amides is 1. The third-order valence-corrected chi connectivity index (χ3v) is 4.74. The lowest BCUT2D eigenvalue weighted by Gasteiger charge is -2.22. The van der Waals surface area contributed by atoms with Crippen LogP contribution in [0.25, 0.3) is 0 Å². The molecule has 1 aliphatic rings. The molecule has 1 aliphatic heterocycles. The minimum absolute atomic E-state index is 0.0188. The van der Waals surface area contributed by atoms with Crippen molar-refractivity contribution >= 4 is 15.7 Å². The van der Waals surface area contributed by atoms with Crippen LogP contribution in [-0.4, -0.2) is 36.9 Å². The monoisotopic (exact) mass is 279 g/mol. The van der Waals surface area contributed by atoms with E-state index in [0.29, 0.717) is 18.4 Å². The summed E-state index contributed by atoms with van der Waals surface area (Å²) in [5.74, 6) is -0.240. The lowest BCUT2D eigenvalue weighted by molar-refractivity contribution is 0.0933. The normalized spacial score (nSPS) is 21.3. The fourth-order valence-electron chi connectivity index (χ4n) is 1.99. The van der Waals surface area contributed by atoms with Gasteiger partial charge in [0.2, 0.25) is 0 Å². The van der Waals surface area contributed by atoms with E-state index < -0.39 is 15.7 Å². The molecule has 0 aromatic carbocycles. The van der Waals surface area contributed by atoms with Gasteiger partial charge in [-0.1, -0.05) is 0 Å². The van der Waals surface area contributed by atoms with E-state index in [9.17, 15) is 13.2 Å². The molecule has 1 atom stereocenters. The van der Waals surface area contributed by atoms with E-state index in [0.717, 1.165) is 0 Å². The molecule has 1 amide bonds. The molecule has 0 bridgehead atoms. The number of hydrogen-bond donors (Lipinski definition) is 1. The first kappa shape index (κ1) is 13.5. The largest absolute Gasteiger partial charge is 0.347 e. The van der Waals surface area contributed by atoms with Crippen LogP contribution in [0.3, 0.4) is 0 Å². The molecule has 0 saturated carbocycles. The average molecular weight is 279 g/mol. The van der Waals surface area contributed by atoms with Crippen LogP contribution < -0.4 is 5.32 Å². The molecule has 2 heterocycles. The Morgan fingerprint density at radius 3 is 2.84 bits per heavy atom. The number of carbonyl (C=O) groups excluding carboxylic acids is 1. The molecule has 19 heavy (non-hydrogen) atoms. The minimum atomic E-state index is -3.05. The van der Waals surface area contributed by atoms with Crippen LogP contribution in [0.5, 0.6) is 0 Å². The Kier molecular flexibility index (Phi) is 3.81. The molecule has 7 heteroatoms. The summed E-state index contributed by atoms with van der Waals surface area (Å²) in [4.78, 5) is 15.7. The summed E-state index contributed by atoms with van der Waals surface area (Å²) in [5.41, 5.74) is 0.554. The highest BCUT2D eigenvalue weighted by atomic mass is 32.2. The van der Waals surface area contributed by atoms with Crippen LogP contribution in [0.2, 0.25) is 0 Å². The van der Waals surface area contributed by atoms with Gasteiger partial charge < -0.3 is 5.32 Å². The van der Waals surface area contributed by atoms with Crippen molar-refractivity contribution in [3.8, 4) is 6.07 Å². The number of aromatic nitrogens is 1. The maximum atomic E-state index is 11.9. The summed E-state index contributed by atoms with van der Waals surface area (Å²) in [5, 5.41) is 11.3. The topological polar surface area (TPSA) is 99.9 Å². The molecule has 100 valence electrons. The van der Waals surface area contributed by atoms with E-state index >= 15 is 0 Å². The molecule has 0 radical (unpaired) electrons. The molecular formula is C12H13N3O3S. The van der Waals surface area contributed by atoms with Crippen molar-refractivity contribution in [3.63, 3.8) is 0 Å². The standard InChI is InChI=1S/C12H13N3O3S/c13-6-9-3-4-11(14-7-9)12(16)15-10-2-1-5-19(17,18)8-10/h3-4,7,10H,1-2,5,8H2,(H,15,16). The Morgan fingerprint density at radius 1 is 1.47 bits per heavy atom. The molecule has 6 nitrogen and oxygen atoms in total. The zero-order valence-corrected chi connectivity index (χ0v) is 11.0. The van der Waals surface area contributed by atoms with Gasteiger partial charge >= 0.3 is 0 Å². The van der Waals surface area contributed by atoms with Gasteiger partial charge in [0.15, 0.2) is 9.84 Å². The third-order valence-electron chi connectivity index (χ3n) is 2.92. The first-order valence-corrected chi connectivity index (χ1v) is 7.70. The average Bonchev–Trinajstić information content (AvgIpc) is 2.37. The summed E-state index contributed by atoms with van der Waals surface area (Å²) in [6, 6.07) is 4.50. The van der Waals surface area contributed by atoms with Crippen LogP contribution in [0.15, 0.2) is 18.3 Å². The number of nitrogens with one attached hydrogen (secondary N) is 1. The van der Waals surface area contributed by atoms with Gasteiger partial charge in [-0.3, -0.25) is 4.79 Å². The fourth-order valence-corrected chi connectivity index (χ4v) is 3.63. The van der Waals surface area contributed by atoms with Gasteiger partial charge in [0.1, 0.15) is 11.8 Å². The molecule has 1 aromatic rings. The molecule has 0 aliphatic carbocycles. The molecule has 1 aromatic heterocycles. The molecule has 0 spiro atoms. The summed E-state index contributed by atoms with van der Waals surface area (Å²) < 4.78 is 22.9. The van der Waals surface area contributed by atoms with E-state index in [1.807, 2.05) is 6.07 Å². The van der Waals surface area contributed by atoms with E-state index in [2.05, 4.69) is 10.3 Å². The van der Waals surface area contributed by atoms with Gasteiger partial charge in [0.05, 0.1) is 17.1 Å². The minimum Gasteiger partial charge on any atom is -0.347 e. The Bertz CT molecular complexity index is 617. The van der Waals surface area contributed by atoms with E-state index in [1.165, 1.54) is 18.3 Å². The quantitative estimate of drug-likeness (QED) is 0.837. The molecule has 1 N–H and O–H groups in total. The van der Waals surface area contributed by atoms with Crippen LogP contribution in [0.4, 0.5) is 0 Å². The van der Waals surface area contributed by atoms with Gasteiger partial charge in [-0.05, 0) is 25.0 Å². The zero-order valence-electron chi connectivity index (χ0n) is 10.2. The maximum absolute atomic E-state index is 11.9. The summed E-state index contributed by atoms with van der Waals surface area (Å²) in [6.07, 6.45) is 2.53. The van der Waals surface area contributed by atoms with Gasteiger partial charge in [-0.15, -0.1) is 0 Å². The Balaban J connectivity index is 2.02. The first-order valence-electron chi connectivity index (χ1n) is 5.87. The first-order chi connectivity index (χ1) is 9.00. The fraction of sp³-hybridized carbons (Fsp3) is 0.417. The highest BCUT2D eigenvalue weighted by molar-refractivity contribution is 7.91. The van der Waals surface area contributed by atoms with E-state index in [-0.39, 0.29) is 23.2 Å². The van der Waals surface area contributed by atoms with Gasteiger partial charge in [-0.2, -0.15) is 5.26 Å². The second-order valence-corrected chi connectivity index (χ2v) is 6.70. The summed E-state index contributed by atoms with van der Waals surface area (Å²) in [7, 11) is -3.05. The SMILES string of the molecule is N#Cc1ccc(C(=O)NC2CCCS(=O)(=O)C2)nc1. The second-order valence-electron chi connectivity index (χ2n) is 4.47. The van der Waals surface area contributed by atoms with Crippen molar-refractivity contribution in [2.75, 3.05) is 11.5 Å². The zero-order chi connectivity index (χ0) is 13.9. The van der Waals surface area contributed by atoms with Crippen molar-refractivity contribution in [2.24, 2.45) is 0 Å². The van der Waals surface area contributed by atoms with Crippen molar-refractivity contribution in [2.45, 2.75) is 18.9 Å². The summed E-state index contributed by atoms with van der Waals surface area (Å²) in [6.45, 7) is 0. The Morgan fingerprint density at radius 2 is 2.26 bits per heavy atom. The van der Waals surface area contributed by atoms with E-state index in [1.54, 1.807) is 0 Å². The van der Waals surface area contributed by atoms with Gasteiger partial charge in [0.25, 0.3) is 5.91 Å². The van der Waals surface area contributed by atoms with Crippen molar-refractivity contribution in [1.29, 1.82) is 5.26 Å². The Labute approximate surface area is 111 Å². The smallest absolute Gasteiger partial charge is 0.270 e. The number of sulfone groups is 1. The number of pyridine rings is 1. The van der Waals surface area contributed by atoms with Gasteiger partial charge in [-0.25, -0.2) is 13.4 Å². The lowest BCUT2D eigenvalue weighted by atomic mass is 10.2. The number of nitriles is 1. The molecule has 1 saturated heterocycles. The molecular weight excluding hydrogens is 266 g/mol. The molecule has 2 rings (SSSR count). The number of rotatable bonds is 2. The third kappa shape index (κ3) is 3.51. The summed E-state index contributed by atoms with van der Waals surface area (Å²) >= 11 is 0. The van der Waals surface area contributed by atoms with Crippen molar-refractivity contribution < 1.29 is 13.2 Å². The predicted molar refractivity (Wildman–Crippen MR) is 68.1 cm³/mol. The van der Waals surface area contributed by atoms with Crippen LogP contribution >= 0.6 is 0 Å². The second kappa shape index (κ2) is 5.36. The predicted octanol–water partition coefficient (Wildman–Crippen LogP) is 0.260. The van der Waals surface area contributed by atoms with Crippen LogP contribution in [0, 0.1) is 11.3 Å². The Hall–Kier alpha value is -1.94.